The largest absolute Gasteiger partial charge is 0.256 e. The first kappa shape index (κ1) is 11.7. The number of benzene rings is 4. The van der Waals surface area contributed by atoms with Crippen LogP contribution in [0, 0.1) is 6.07 Å². The summed E-state index contributed by atoms with van der Waals surface area (Å²) in [6.45, 7) is 0. The Hall–Kier alpha value is -2.93. The summed E-state index contributed by atoms with van der Waals surface area (Å²) in [5.74, 6) is 0. The molecule has 0 bridgehead atoms. The van der Waals surface area contributed by atoms with Crippen LogP contribution in [0.25, 0.3) is 43.6 Å². The molecule has 0 atom stereocenters. The van der Waals surface area contributed by atoms with E-state index in [1.165, 1.54) is 26.9 Å². The summed E-state index contributed by atoms with van der Waals surface area (Å²) in [6, 6.07) is 26.9. The number of nitrogens with zero attached hydrogens (tertiary/aromatic N) is 1. The van der Waals surface area contributed by atoms with E-state index in [-0.39, 0.29) is 0 Å². The van der Waals surface area contributed by atoms with Crippen LogP contribution in [0.2, 0.25) is 0 Å². The van der Waals surface area contributed by atoms with Gasteiger partial charge < -0.3 is 0 Å². The van der Waals surface area contributed by atoms with Crippen LogP contribution in [0.5, 0.6) is 0 Å². The first-order valence-electron chi connectivity index (χ1n) is 7.41. The molecule has 1 aromatic heterocycles. The first-order valence-corrected chi connectivity index (χ1v) is 7.41. The van der Waals surface area contributed by atoms with Crippen molar-refractivity contribution in [2.45, 2.75) is 0 Å². The van der Waals surface area contributed by atoms with Gasteiger partial charge in [-0.3, -0.25) is 4.98 Å². The molecular weight excluding hydrogens is 266 g/mol. The fourth-order valence-electron chi connectivity index (χ4n) is 3.33. The Bertz CT molecular complexity index is 1050. The van der Waals surface area contributed by atoms with Gasteiger partial charge in [0.2, 0.25) is 0 Å². The highest BCUT2D eigenvalue weighted by atomic mass is 14.7. The molecule has 1 radical (unpaired) electrons. The van der Waals surface area contributed by atoms with Crippen LogP contribution in [-0.4, -0.2) is 4.98 Å². The molecule has 0 unspecified atom stereocenters. The number of pyridine rings is 1. The van der Waals surface area contributed by atoms with Gasteiger partial charge in [-0.15, -0.1) is 0 Å². The quantitative estimate of drug-likeness (QED) is 0.372. The topological polar surface area (TPSA) is 12.9 Å². The lowest BCUT2D eigenvalue weighted by Gasteiger charge is -2.12. The molecule has 1 heterocycles. The van der Waals surface area contributed by atoms with Crippen molar-refractivity contribution in [3.05, 3.63) is 79.0 Å². The van der Waals surface area contributed by atoms with Gasteiger partial charge in [-0.25, -0.2) is 0 Å². The second kappa shape index (κ2) is 4.28. The van der Waals surface area contributed by atoms with Gasteiger partial charge in [0.1, 0.15) is 0 Å². The Balaban J connectivity index is 1.95. The summed E-state index contributed by atoms with van der Waals surface area (Å²) >= 11 is 0. The van der Waals surface area contributed by atoms with Crippen molar-refractivity contribution in [2.75, 3.05) is 0 Å². The van der Waals surface area contributed by atoms with Crippen LogP contribution in [0.15, 0.2) is 72.9 Å². The average Bonchev–Trinajstić information content (AvgIpc) is 2.60. The third-order valence-electron chi connectivity index (χ3n) is 4.32. The van der Waals surface area contributed by atoms with Gasteiger partial charge in [-0.2, -0.15) is 0 Å². The van der Waals surface area contributed by atoms with Crippen molar-refractivity contribution in [3.63, 3.8) is 0 Å². The molecular formula is C21H12N. The maximum Gasteiger partial charge on any atom is 0.0708 e. The Labute approximate surface area is 128 Å². The lowest BCUT2D eigenvalue weighted by Crippen LogP contribution is -1.87. The summed E-state index contributed by atoms with van der Waals surface area (Å²) in [4.78, 5) is 4.45. The maximum atomic E-state index is 4.45. The summed E-state index contributed by atoms with van der Waals surface area (Å²) in [5.41, 5.74) is 2.01. The van der Waals surface area contributed by atoms with Crippen molar-refractivity contribution in [3.8, 4) is 11.3 Å². The SMILES string of the molecule is [c]1c(-c2ccccn2)cc2ccc3cccc4ccc1c2c43. The molecule has 1 heteroatoms. The van der Waals surface area contributed by atoms with Crippen LogP contribution in [0.3, 0.4) is 0 Å². The molecule has 1 nitrogen and oxygen atoms in total. The third kappa shape index (κ3) is 1.57. The smallest absolute Gasteiger partial charge is 0.0708 e. The maximum absolute atomic E-state index is 4.45. The minimum Gasteiger partial charge on any atom is -0.256 e. The molecule has 5 rings (SSSR count). The van der Waals surface area contributed by atoms with E-state index in [4.69, 9.17) is 0 Å². The third-order valence-corrected chi connectivity index (χ3v) is 4.32. The summed E-state index contributed by atoms with van der Waals surface area (Å²) in [7, 11) is 0. The van der Waals surface area contributed by atoms with Gasteiger partial charge in [0.05, 0.1) is 5.69 Å². The molecule has 101 valence electrons. The number of aromatic nitrogens is 1. The van der Waals surface area contributed by atoms with E-state index in [0.29, 0.717) is 0 Å². The van der Waals surface area contributed by atoms with E-state index in [2.05, 4.69) is 59.6 Å². The fraction of sp³-hybridized carbons (Fsp3) is 0. The average molecular weight is 278 g/mol. The molecule has 0 amide bonds. The fourth-order valence-corrected chi connectivity index (χ4v) is 3.33. The lowest BCUT2D eigenvalue weighted by molar-refractivity contribution is 1.33. The summed E-state index contributed by atoms with van der Waals surface area (Å²) < 4.78 is 0. The van der Waals surface area contributed by atoms with Crippen molar-refractivity contribution in [1.82, 2.24) is 4.98 Å². The van der Waals surface area contributed by atoms with Crippen molar-refractivity contribution in [2.24, 2.45) is 0 Å². The molecule has 4 aromatic carbocycles. The zero-order valence-electron chi connectivity index (χ0n) is 11.9. The van der Waals surface area contributed by atoms with Crippen LogP contribution < -0.4 is 0 Å². The predicted molar refractivity (Wildman–Crippen MR) is 92.2 cm³/mol. The summed E-state index contributed by atoms with van der Waals surface area (Å²) in [5, 5.41) is 7.61. The number of hydrogen-bond acceptors (Lipinski definition) is 1. The number of hydrogen-bond donors (Lipinski definition) is 0. The molecule has 0 saturated carbocycles. The second-order valence-electron chi connectivity index (χ2n) is 5.62. The van der Waals surface area contributed by atoms with Crippen LogP contribution in [0.4, 0.5) is 0 Å². The van der Waals surface area contributed by atoms with E-state index >= 15 is 0 Å². The monoisotopic (exact) mass is 278 g/mol. The lowest BCUT2D eigenvalue weighted by atomic mass is 9.92. The zero-order valence-corrected chi connectivity index (χ0v) is 11.9. The van der Waals surface area contributed by atoms with Gasteiger partial charge >= 0.3 is 0 Å². The molecule has 0 aliphatic carbocycles. The minimum atomic E-state index is 0.966. The minimum absolute atomic E-state index is 0.966. The van der Waals surface area contributed by atoms with E-state index in [1.807, 2.05) is 24.4 Å². The Morgan fingerprint density at radius 2 is 1.50 bits per heavy atom. The molecule has 5 aromatic rings. The Kier molecular flexibility index (Phi) is 2.28. The van der Waals surface area contributed by atoms with E-state index in [9.17, 15) is 0 Å². The van der Waals surface area contributed by atoms with Gasteiger partial charge in [0.15, 0.2) is 0 Å². The van der Waals surface area contributed by atoms with E-state index in [0.717, 1.165) is 16.6 Å². The van der Waals surface area contributed by atoms with Gasteiger partial charge in [-0.1, -0.05) is 48.5 Å². The van der Waals surface area contributed by atoms with Crippen molar-refractivity contribution >= 4 is 32.3 Å². The van der Waals surface area contributed by atoms with Crippen LogP contribution >= 0.6 is 0 Å². The standard InChI is InChI=1S/C21H12N/c1-2-11-22-19(6-1)18-12-16-9-7-14-4-3-5-15-8-10-17(13-18)21(16)20(14)15/h1-12H. The van der Waals surface area contributed by atoms with Crippen LogP contribution in [-0.2, 0) is 0 Å². The van der Waals surface area contributed by atoms with Gasteiger partial charge in [0.25, 0.3) is 0 Å². The molecule has 0 N–H and O–H groups in total. The molecule has 0 spiro atoms. The first-order chi connectivity index (χ1) is 10.9. The number of rotatable bonds is 1. The highest BCUT2D eigenvalue weighted by molar-refractivity contribution is 6.23. The molecule has 0 aliphatic heterocycles. The second-order valence-corrected chi connectivity index (χ2v) is 5.62. The van der Waals surface area contributed by atoms with Crippen LogP contribution in [0.1, 0.15) is 0 Å². The zero-order chi connectivity index (χ0) is 14.5. The molecule has 0 saturated heterocycles. The van der Waals surface area contributed by atoms with E-state index < -0.39 is 0 Å². The molecule has 0 aliphatic rings. The predicted octanol–water partition coefficient (Wildman–Crippen LogP) is 5.45. The molecule has 0 fully saturated rings. The normalized spacial score (nSPS) is 11.6. The highest BCUT2D eigenvalue weighted by Crippen LogP contribution is 2.36. The Morgan fingerprint density at radius 1 is 0.682 bits per heavy atom. The van der Waals surface area contributed by atoms with Crippen molar-refractivity contribution < 1.29 is 0 Å². The van der Waals surface area contributed by atoms with Crippen molar-refractivity contribution in [1.29, 1.82) is 0 Å². The molecule has 22 heavy (non-hydrogen) atoms. The highest BCUT2D eigenvalue weighted by Gasteiger charge is 2.10. The summed E-state index contributed by atoms with van der Waals surface area (Å²) in [6.07, 6.45) is 1.83. The Morgan fingerprint density at radius 3 is 2.32 bits per heavy atom. The van der Waals surface area contributed by atoms with Gasteiger partial charge in [0, 0.05) is 17.8 Å². The van der Waals surface area contributed by atoms with E-state index in [1.54, 1.807) is 0 Å². The van der Waals surface area contributed by atoms with Gasteiger partial charge in [-0.05, 0) is 50.5 Å².